The molecule has 0 fully saturated rings. The predicted octanol–water partition coefficient (Wildman–Crippen LogP) is 3.02. The van der Waals surface area contributed by atoms with Crippen LogP contribution in [-0.2, 0) is 6.42 Å². The van der Waals surface area contributed by atoms with Crippen molar-refractivity contribution in [1.29, 1.82) is 0 Å². The first-order chi connectivity index (χ1) is 7.06. The number of aromatic nitrogens is 1. The molecule has 0 aliphatic rings. The fraction of sp³-hybridized carbons (Fsp3) is 0.333. The Hall–Kier alpha value is -0.990. The third-order valence-corrected chi connectivity index (χ3v) is 2.82. The van der Waals surface area contributed by atoms with E-state index in [-0.39, 0.29) is 6.04 Å². The first-order valence-electron chi connectivity index (χ1n) is 5.09. The van der Waals surface area contributed by atoms with Crippen LogP contribution in [0.5, 0.6) is 0 Å². The van der Waals surface area contributed by atoms with Crippen molar-refractivity contribution in [1.82, 2.24) is 4.98 Å². The minimum Gasteiger partial charge on any atom is -0.359 e. The Morgan fingerprint density at radius 1 is 1.40 bits per heavy atom. The Morgan fingerprint density at radius 2 is 2.13 bits per heavy atom. The SMILES string of the molecule is Cc1cc2cc(Cl)c(CC(C)N)cc2[nH]1. The maximum absolute atomic E-state index is 6.19. The zero-order valence-corrected chi connectivity index (χ0v) is 9.73. The molecule has 3 N–H and O–H groups in total. The number of aryl methyl sites for hydroxylation is 1. The smallest absolute Gasteiger partial charge is 0.0459 e. The maximum Gasteiger partial charge on any atom is 0.0459 e. The van der Waals surface area contributed by atoms with Gasteiger partial charge in [-0.3, -0.25) is 0 Å². The molecule has 1 aromatic heterocycles. The molecule has 2 rings (SSSR count). The van der Waals surface area contributed by atoms with Crippen LogP contribution in [0.3, 0.4) is 0 Å². The maximum atomic E-state index is 6.19. The van der Waals surface area contributed by atoms with Crippen LogP contribution in [-0.4, -0.2) is 11.0 Å². The largest absolute Gasteiger partial charge is 0.359 e. The number of aromatic amines is 1. The van der Waals surface area contributed by atoms with Crippen LogP contribution in [0, 0.1) is 6.92 Å². The molecule has 2 aromatic rings. The molecule has 1 atom stereocenters. The van der Waals surface area contributed by atoms with Gasteiger partial charge in [-0.05, 0) is 44.0 Å². The number of hydrogen-bond acceptors (Lipinski definition) is 1. The summed E-state index contributed by atoms with van der Waals surface area (Å²) in [4.78, 5) is 3.30. The normalized spacial score (nSPS) is 13.3. The van der Waals surface area contributed by atoms with Crippen LogP contribution >= 0.6 is 11.6 Å². The first-order valence-corrected chi connectivity index (χ1v) is 5.47. The zero-order valence-electron chi connectivity index (χ0n) is 8.97. The topological polar surface area (TPSA) is 41.8 Å². The van der Waals surface area contributed by atoms with Crippen LogP contribution in [0.25, 0.3) is 10.9 Å². The van der Waals surface area contributed by atoms with Crippen molar-refractivity contribution in [2.75, 3.05) is 0 Å². The lowest BCUT2D eigenvalue weighted by atomic mass is 10.1. The zero-order chi connectivity index (χ0) is 11.0. The standard InChI is InChI=1S/C12H15ClN2/c1-7(14)3-9-6-12-10(5-11(9)13)4-8(2)15-12/h4-7,15H,3,14H2,1-2H3. The predicted molar refractivity (Wildman–Crippen MR) is 65.4 cm³/mol. The Morgan fingerprint density at radius 3 is 2.80 bits per heavy atom. The number of hydrogen-bond donors (Lipinski definition) is 2. The van der Waals surface area contributed by atoms with Gasteiger partial charge in [0.25, 0.3) is 0 Å². The van der Waals surface area contributed by atoms with E-state index in [2.05, 4.69) is 17.1 Å². The summed E-state index contributed by atoms with van der Waals surface area (Å²) in [7, 11) is 0. The molecule has 0 amide bonds. The number of nitrogens with two attached hydrogens (primary N) is 1. The lowest BCUT2D eigenvalue weighted by Crippen LogP contribution is -2.17. The number of fused-ring (bicyclic) bond motifs is 1. The summed E-state index contributed by atoms with van der Waals surface area (Å²) >= 11 is 6.19. The molecule has 2 nitrogen and oxygen atoms in total. The molecule has 80 valence electrons. The molecular weight excluding hydrogens is 208 g/mol. The van der Waals surface area contributed by atoms with Crippen molar-refractivity contribution in [3.8, 4) is 0 Å². The van der Waals surface area contributed by atoms with Crippen molar-refractivity contribution in [3.05, 3.63) is 34.5 Å². The number of rotatable bonds is 2. The molecule has 0 radical (unpaired) electrons. The lowest BCUT2D eigenvalue weighted by Gasteiger charge is -2.07. The fourth-order valence-electron chi connectivity index (χ4n) is 1.85. The number of H-pyrrole nitrogens is 1. The third kappa shape index (κ3) is 2.16. The van der Waals surface area contributed by atoms with Gasteiger partial charge in [0, 0.05) is 27.7 Å². The summed E-state index contributed by atoms with van der Waals surface area (Å²) in [5, 5.41) is 1.96. The molecule has 0 saturated carbocycles. The quantitative estimate of drug-likeness (QED) is 0.806. The highest BCUT2D eigenvalue weighted by atomic mass is 35.5. The van der Waals surface area contributed by atoms with E-state index in [1.807, 2.05) is 19.9 Å². The van der Waals surface area contributed by atoms with Gasteiger partial charge in [0.15, 0.2) is 0 Å². The van der Waals surface area contributed by atoms with Gasteiger partial charge in [0.05, 0.1) is 0 Å². The monoisotopic (exact) mass is 222 g/mol. The van der Waals surface area contributed by atoms with Gasteiger partial charge in [0.2, 0.25) is 0 Å². The second-order valence-corrected chi connectivity index (χ2v) is 4.57. The third-order valence-electron chi connectivity index (χ3n) is 2.46. The molecule has 1 aromatic carbocycles. The van der Waals surface area contributed by atoms with Gasteiger partial charge >= 0.3 is 0 Å². The van der Waals surface area contributed by atoms with Crippen molar-refractivity contribution < 1.29 is 0 Å². The average molecular weight is 223 g/mol. The van der Waals surface area contributed by atoms with Crippen LogP contribution in [0.1, 0.15) is 18.2 Å². The number of benzene rings is 1. The molecule has 15 heavy (non-hydrogen) atoms. The minimum absolute atomic E-state index is 0.135. The summed E-state index contributed by atoms with van der Waals surface area (Å²) < 4.78 is 0. The molecule has 0 aliphatic carbocycles. The summed E-state index contributed by atoms with van der Waals surface area (Å²) in [6, 6.07) is 6.32. The van der Waals surface area contributed by atoms with E-state index in [1.54, 1.807) is 0 Å². The number of halogens is 1. The average Bonchev–Trinajstić information content (AvgIpc) is 2.44. The van der Waals surface area contributed by atoms with E-state index >= 15 is 0 Å². The van der Waals surface area contributed by atoms with Crippen LogP contribution < -0.4 is 5.73 Å². The molecule has 1 unspecified atom stereocenters. The molecule has 0 bridgehead atoms. The van der Waals surface area contributed by atoms with Crippen molar-refractivity contribution in [2.24, 2.45) is 5.73 Å². The number of nitrogens with one attached hydrogen (secondary N) is 1. The molecular formula is C12H15ClN2. The molecule has 0 saturated heterocycles. The van der Waals surface area contributed by atoms with E-state index in [1.165, 1.54) is 0 Å². The minimum atomic E-state index is 0.135. The van der Waals surface area contributed by atoms with Crippen LogP contribution in [0.2, 0.25) is 5.02 Å². The highest BCUT2D eigenvalue weighted by molar-refractivity contribution is 6.32. The van der Waals surface area contributed by atoms with Crippen LogP contribution in [0.4, 0.5) is 0 Å². The second-order valence-electron chi connectivity index (χ2n) is 4.16. The summed E-state index contributed by atoms with van der Waals surface area (Å²) in [6.45, 7) is 4.03. The van der Waals surface area contributed by atoms with Crippen molar-refractivity contribution in [3.63, 3.8) is 0 Å². The van der Waals surface area contributed by atoms with Gasteiger partial charge in [-0.1, -0.05) is 11.6 Å². The van der Waals surface area contributed by atoms with Gasteiger partial charge < -0.3 is 10.7 Å². The van der Waals surface area contributed by atoms with Gasteiger partial charge in [-0.25, -0.2) is 0 Å². The highest BCUT2D eigenvalue weighted by Gasteiger charge is 2.06. The van der Waals surface area contributed by atoms with E-state index in [9.17, 15) is 0 Å². The van der Waals surface area contributed by atoms with Gasteiger partial charge in [-0.2, -0.15) is 0 Å². The van der Waals surface area contributed by atoms with E-state index in [0.29, 0.717) is 0 Å². The lowest BCUT2D eigenvalue weighted by molar-refractivity contribution is 0.739. The Labute approximate surface area is 94.4 Å². The highest BCUT2D eigenvalue weighted by Crippen LogP contribution is 2.25. The Bertz CT molecular complexity index is 486. The fourth-order valence-corrected chi connectivity index (χ4v) is 2.10. The summed E-state index contributed by atoms with van der Waals surface area (Å²) in [6.07, 6.45) is 0.812. The summed E-state index contributed by atoms with van der Waals surface area (Å²) in [5.41, 5.74) is 9.17. The van der Waals surface area contributed by atoms with E-state index < -0.39 is 0 Å². The van der Waals surface area contributed by atoms with Gasteiger partial charge in [0.1, 0.15) is 0 Å². The molecule has 0 aliphatic heterocycles. The van der Waals surface area contributed by atoms with E-state index in [4.69, 9.17) is 17.3 Å². The van der Waals surface area contributed by atoms with Crippen molar-refractivity contribution in [2.45, 2.75) is 26.3 Å². The van der Waals surface area contributed by atoms with Gasteiger partial charge in [-0.15, -0.1) is 0 Å². The Kier molecular flexibility index (Phi) is 2.72. The first kappa shape index (κ1) is 10.5. The second kappa shape index (κ2) is 3.87. The van der Waals surface area contributed by atoms with E-state index in [0.717, 1.165) is 33.6 Å². The van der Waals surface area contributed by atoms with Crippen molar-refractivity contribution >= 4 is 22.5 Å². The summed E-state index contributed by atoms with van der Waals surface area (Å²) in [5.74, 6) is 0. The Balaban J connectivity index is 2.51. The van der Waals surface area contributed by atoms with Crippen LogP contribution in [0.15, 0.2) is 18.2 Å². The molecule has 0 spiro atoms. The molecule has 3 heteroatoms. The molecule has 1 heterocycles.